The van der Waals surface area contributed by atoms with Crippen LogP contribution in [0.25, 0.3) is 0 Å². The standard InChI is InChI=1S/2C17H14P.C4H10O2.2ClH.Fe.Pd/c2*1-3-9-15(10-4-1)18(17-13-7-8-14-17)16-11-5-2-6-12-16;1-5-3-4-6-2;;;;/h2*1-14H;3-4H2,1-2H3;2*1H;;/q2*-1;;;;2*+2/p-2. The van der Waals surface area contributed by atoms with Crippen LogP contribution in [0.2, 0.25) is 0 Å². The summed E-state index contributed by atoms with van der Waals surface area (Å²) in [4.78, 5) is 0. The van der Waals surface area contributed by atoms with Gasteiger partial charge in [0.2, 0.25) is 0 Å². The third-order valence-corrected chi connectivity index (χ3v) is 11.2. The van der Waals surface area contributed by atoms with E-state index in [1.54, 1.807) is 14.2 Å². The van der Waals surface area contributed by atoms with Crippen molar-refractivity contribution in [3.8, 4) is 0 Å². The first-order valence-electron chi connectivity index (χ1n) is 14.3. The summed E-state index contributed by atoms with van der Waals surface area (Å²) < 4.78 is 9.31. The van der Waals surface area contributed by atoms with Gasteiger partial charge in [0, 0.05) is 14.2 Å². The van der Waals surface area contributed by atoms with Crippen molar-refractivity contribution in [3.05, 3.63) is 170 Å². The Labute approximate surface area is 304 Å². The van der Waals surface area contributed by atoms with E-state index in [9.17, 15) is 0 Å². The minimum Gasteiger partial charge on any atom is -0.206 e. The van der Waals surface area contributed by atoms with E-state index < -0.39 is 15.8 Å². The molecular formula is C38H38Cl2FeO2P2Pd. The Hall–Kier alpha value is -1.88. The van der Waals surface area contributed by atoms with Gasteiger partial charge in [-0.1, -0.05) is 137 Å². The molecule has 0 amide bonds. The zero-order valence-corrected chi connectivity index (χ0v) is 31.7. The number of hydrogen-bond acceptors (Lipinski definition) is 2. The Morgan fingerprint density at radius 2 is 0.739 bits per heavy atom. The molecule has 0 aliphatic carbocycles. The van der Waals surface area contributed by atoms with Crippen molar-refractivity contribution in [1.82, 2.24) is 0 Å². The smallest absolute Gasteiger partial charge is 0.206 e. The molecule has 0 aliphatic rings. The molecule has 0 heterocycles. The second-order valence-corrected chi connectivity index (χ2v) is 16.1. The van der Waals surface area contributed by atoms with Crippen LogP contribution in [0, 0.1) is 0 Å². The minimum absolute atomic E-state index is 0. The van der Waals surface area contributed by atoms with Gasteiger partial charge < -0.3 is 9.47 Å². The van der Waals surface area contributed by atoms with Gasteiger partial charge in [-0.25, -0.2) is 12.1 Å². The van der Waals surface area contributed by atoms with Crippen LogP contribution in [0.15, 0.2) is 170 Å². The van der Waals surface area contributed by atoms with Gasteiger partial charge >= 0.3 is 52.1 Å². The van der Waals surface area contributed by atoms with Crippen LogP contribution >= 0.6 is 34.9 Å². The van der Waals surface area contributed by atoms with Gasteiger partial charge in [0.05, 0.1) is 13.2 Å². The van der Waals surface area contributed by atoms with Crippen molar-refractivity contribution in [2.45, 2.75) is 0 Å². The largest absolute Gasteiger partial charge is 2.00 e. The van der Waals surface area contributed by atoms with E-state index in [2.05, 4.69) is 179 Å². The van der Waals surface area contributed by atoms with E-state index in [0.717, 1.165) is 0 Å². The molecule has 0 spiro atoms. The van der Waals surface area contributed by atoms with E-state index >= 15 is 0 Å². The summed E-state index contributed by atoms with van der Waals surface area (Å²) in [5.74, 6) is 0. The molecule has 0 radical (unpaired) electrons. The monoisotopic (exact) mass is 820 g/mol. The number of hydrogen-bond donors (Lipinski definition) is 0. The van der Waals surface area contributed by atoms with Crippen LogP contribution in [0.1, 0.15) is 0 Å². The van der Waals surface area contributed by atoms with E-state index in [1.807, 2.05) is 0 Å². The fraction of sp³-hybridized carbons (Fsp3) is 0.105. The molecule has 0 aliphatic heterocycles. The van der Waals surface area contributed by atoms with E-state index in [4.69, 9.17) is 19.1 Å². The predicted octanol–water partition coefficient (Wildman–Crippen LogP) is 7.98. The fourth-order valence-electron chi connectivity index (χ4n) is 4.40. The Balaban J connectivity index is 0.000000251. The SMILES string of the molecule is COCCOC.[Cl][Pd][Cl].[Fe+2].c1ccc(P(c2ccccc2)c2cc[cH-]c2)cc1.c1ccc(P(c2ccccc2)c2cc[cH-]c2)cc1. The van der Waals surface area contributed by atoms with Gasteiger partial charge in [0.25, 0.3) is 0 Å². The maximum absolute atomic E-state index is 4.81. The van der Waals surface area contributed by atoms with E-state index in [1.165, 1.54) is 31.8 Å². The van der Waals surface area contributed by atoms with Crippen LogP contribution in [-0.4, -0.2) is 27.4 Å². The maximum Gasteiger partial charge on any atom is 2.00 e. The fourth-order valence-corrected chi connectivity index (χ4v) is 9.01. The number of ether oxygens (including phenoxy) is 2. The molecule has 244 valence electrons. The first kappa shape index (κ1) is 40.3. The summed E-state index contributed by atoms with van der Waals surface area (Å²) in [6.07, 6.45) is 0. The first-order chi connectivity index (χ1) is 22.2. The number of rotatable bonds is 9. The molecule has 8 heteroatoms. The average molecular weight is 822 g/mol. The van der Waals surface area contributed by atoms with Crippen molar-refractivity contribution in [1.29, 1.82) is 0 Å². The summed E-state index contributed by atoms with van der Waals surface area (Å²) in [6.45, 7) is 1.38. The molecule has 0 saturated heterocycles. The Bertz CT molecular complexity index is 1310. The summed E-state index contributed by atoms with van der Waals surface area (Å²) in [6, 6.07) is 60.5. The molecule has 6 aromatic carbocycles. The van der Waals surface area contributed by atoms with Gasteiger partial charge in [-0.2, -0.15) is 47.0 Å². The second kappa shape index (κ2) is 25.2. The zero-order valence-electron chi connectivity index (χ0n) is 25.7. The van der Waals surface area contributed by atoms with E-state index in [-0.39, 0.29) is 33.0 Å². The summed E-state index contributed by atoms with van der Waals surface area (Å²) in [5.41, 5.74) is 0. The molecule has 0 fully saturated rings. The average Bonchev–Trinajstić information content (AvgIpc) is 3.83. The molecule has 0 atom stereocenters. The number of halogens is 2. The van der Waals surface area contributed by atoms with Gasteiger partial charge in [-0.3, -0.25) is 0 Å². The van der Waals surface area contributed by atoms with Crippen LogP contribution in [-0.2, 0) is 42.5 Å². The summed E-state index contributed by atoms with van der Waals surface area (Å²) in [5, 5.41) is 8.47. The Morgan fingerprint density at radius 3 is 0.935 bits per heavy atom. The molecule has 0 saturated carbocycles. The van der Waals surface area contributed by atoms with Crippen molar-refractivity contribution < 1.29 is 42.5 Å². The molecule has 2 nitrogen and oxygen atoms in total. The summed E-state index contributed by atoms with van der Waals surface area (Å²) in [7, 11) is 12.1. The molecular weight excluding hydrogens is 784 g/mol. The molecule has 6 rings (SSSR count). The van der Waals surface area contributed by atoms with Gasteiger partial charge in [-0.05, 0) is 21.2 Å². The van der Waals surface area contributed by atoms with Crippen molar-refractivity contribution in [3.63, 3.8) is 0 Å². The minimum atomic E-state index is -0.409. The molecule has 0 aromatic heterocycles. The van der Waals surface area contributed by atoms with Gasteiger partial charge in [0.15, 0.2) is 0 Å². The van der Waals surface area contributed by atoms with Crippen LogP contribution in [0.3, 0.4) is 0 Å². The second-order valence-electron chi connectivity index (χ2n) is 9.33. The molecule has 0 N–H and O–H groups in total. The third kappa shape index (κ3) is 14.1. The quantitative estimate of drug-likeness (QED) is 0.0638. The Kier molecular flexibility index (Phi) is 22.1. The normalized spacial score (nSPS) is 10.0. The van der Waals surface area contributed by atoms with E-state index in [0.29, 0.717) is 13.2 Å². The Morgan fingerprint density at radius 1 is 0.478 bits per heavy atom. The topological polar surface area (TPSA) is 18.5 Å². The predicted molar refractivity (Wildman–Crippen MR) is 197 cm³/mol. The molecule has 6 aromatic rings. The molecule has 0 bridgehead atoms. The van der Waals surface area contributed by atoms with Crippen molar-refractivity contribution in [2.75, 3.05) is 27.4 Å². The zero-order chi connectivity index (χ0) is 32.0. The van der Waals surface area contributed by atoms with Crippen LogP contribution < -0.4 is 31.8 Å². The third-order valence-electron chi connectivity index (χ3n) is 6.36. The molecule has 46 heavy (non-hydrogen) atoms. The number of benzene rings is 4. The van der Waals surface area contributed by atoms with Gasteiger partial charge in [-0.15, -0.1) is 0 Å². The van der Waals surface area contributed by atoms with Crippen LogP contribution in [0.4, 0.5) is 0 Å². The maximum atomic E-state index is 4.81. The van der Waals surface area contributed by atoms with Crippen molar-refractivity contribution >= 4 is 66.7 Å². The van der Waals surface area contributed by atoms with Gasteiger partial charge in [0.1, 0.15) is 0 Å². The molecule has 0 unspecified atom stereocenters. The number of methoxy groups -OCH3 is 2. The first-order valence-corrected chi connectivity index (χ1v) is 21.0. The summed E-state index contributed by atoms with van der Waals surface area (Å²) >= 11 is -0.106. The van der Waals surface area contributed by atoms with Crippen LogP contribution in [0.5, 0.6) is 0 Å². The van der Waals surface area contributed by atoms with Crippen molar-refractivity contribution in [2.24, 2.45) is 0 Å².